The Labute approximate surface area is 104 Å². The molecule has 0 aliphatic carbocycles. The van der Waals surface area contributed by atoms with Crippen molar-refractivity contribution in [1.82, 2.24) is 15.5 Å². The van der Waals surface area contributed by atoms with Gasteiger partial charge in [-0.3, -0.25) is 9.69 Å². The van der Waals surface area contributed by atoms with E-state index < -0.39 is 0 Å². The number of ether oxygens (including phenoxy) is 1. The Balaban J connectivity index is 2.33. The number of carbonyl (C=O) groups is 1. The zero-order valence-corrected chi connectivity index (χ0v) is 11.2. The van der Waals surface area contributed by atoms with Gasteiger partial charge in [-0.1, -0.05) is 0 Å². The van der Waals surface area contributed by atoms with Crippen molar-refractivity contribution in [3.05, 3.63) is 0 Å². The van der Waals surface area contributed by atoms with Gasteiger partial charge in [0.25, 0.3) is 0 Å². The zero-order valence-electron chi connectivity index (χ0n) is 11.2. The number of hydrogen-bond donors (Lipinski definition) is 2. The summed E-state index contributed by atoms with van der Waals surface area (Å²) >= 11 is 0. The summed E-state index contributed by atoms with van der Waals surface area (Å²) in [4.78, 5) is 14.1. The van der Waals surface area contributed by atoms with Gasteiger partial charge in [-0.2, -0.15) is 0 Å². The summed E-state index contributed by atoms with van der Waals surface area (Å²) in [6.45, 7) is 9.47. The minimum atomic E-state index is -0.0702. The van der Waals surface area contributed by atoms with E-state index in [1.54, 1.807) is 7.11 Å². The molecule has 0 aromatic rings. The third-order valence-corrected chi connectivity index (χ3v) is 3.19. The molecular weight excluding hydrogens is 218 g/mol. The Hall–Kier alpha value is -0.650. The molecular formula is C12H25N3O2. The van der Waals surface area contributed by atoms with E-state index in [4.69, 9.17) is 4.74 Å². The number of rotatable bonds is 6. The molecule has 1 fully saturated rings. The van der Waals surface area contributed by atoms with E-state index in [0.717, 1.165) is 26.2 Å². The van der Waals surface area contributed by atoms with Gasteiger partial charge in [-0.15, -0.1) is 0 Å². The number of piperazine rings is 1. The predicted molar refractivity (Wildman–Crippen MR) is 68.0 cm³/mol. The highest BCUT2D eigenvalue weighted by molar-refractivity contribution is 5.77. The van der Waals surface area contributed by atoms with Crippen molar-refractivity contribution in [2.75, 3.05) is 46.4 Å². The molecule has 0 bridgehead atoms. The first-order valence-corrected chi connectivity index (χ1v) is 6.27. The third kappa shape index (κ3) is 5.02. The van der Waals surface area contributed by atoms with Crippen LogP contribution >= 0.6 is 0 Å². The molecule has 100 valence electrons. The van der Waals surface area contributed by atoms with E-state index in [-0.39, 0.29) is 11.4 Å². The molecule has 0 radical (unpaired) electrons. The highest BCUT2D eigenvalue weighted by atomic mass is 16.5. The molecule has 1 rings (SSSR count). The minimum absolute atomic E-state index is 0.0702. The lowest BCUT2D eigenvalue weighted by Crippen LogP contribution is -2.54. The van der Waals surface area contributed by atoms with Crippen molar-refractivity contribution in [3.63, 3.8) is 0 Å². The number of hydrogen-bond acceptors (Lipinski definition) is 4. The van der Waals surface area contributed by atoms with Crippen LogP contribution in [0.3, 0.4) is 0 Å². The lowest BCUT2D eigenvalue weighted by atomic mass is 9.96. The third-order valence-electron chi connectivity index (χ3n) is 3.19. The van der Waals surface area contributed by atoms with Crippen molar-refractivity contribution < 1.29 is 9.53 Å². The van der Waals surface area contributed by atoms with Crippen molar-refractivity contribution in [2.45, 2.75) is 25.8 Å². The molecule has 1 saturated heterocycles. The number of methoxy groups -OCH3 is 1. The van der Waals surface area contributed by atoms with Gasteiger partial charge in [0.2, 0.25) is 5.91 Å². The maximum Gasteiger partial charge on any atom is 0.221 e. The van der Waals surface area contributed by atoms with Crippen LogP contribution in [0.4, 0.5) is 0 Å². The monoisotopic (exact) mass is 243 g/mol. The van der Waals surface area contributed by atoms with Gasteiger partial charge in [-0.05, 0) is 13.8 Å². The van der Waals surface area contributed by atoms with Gasteiger partial charge in [0.05, 0.1) is 6.61 Å². The van der Waals surface area contributed by atoms with Gasteiger partial charge >= 0.3 is 0 Å². The second-order valence-electron chi connectivity index (χ2n) is 5.07. The highest BCUT2D eigenvalue weighted by Gasteiger charge is 2.29. The number of nitrogens with one attached hydrogen (secondary N) is 2. The Kier molecular flexibility index (Phi) is 5.88. The molecule has 1 aliphatic rings. The second kappa shape index (κ2) is 6.93. The molecule has 17 heavy (non-hydrogen) atoms. The first kappa shape index (κ1) is 14.4. The Morgan fingerprint density at radius 2 is 2.06 bits per heavy atom. The molecule has 0 aromatic heterocycles. The molecule has 5 nitrogen and oxygen atoms in total. The summed E-state index contributed by atoms with van der Waals surface area (Å²) in [6.07, 6.45) is 0.538. The van der Waals surface area contributed by atoms with Crippen molar-refractivity contribution in [2.24, 2.45) is 0 Å². The minimum Gasteiger partial charge on any atom is -0.383 e. The fourth-order valence-electron chi connectivity index (χ4n) is 2.13. The maximum absolute atomic E-state index is 11.8. The van der Waals surface area contributed by atoms with Crippen LogP contribution in [0.5, 0.6) is 0 Å². The SMILES string of the molecule is COCCNC(=O)CC(C)(C)N1CCNCC1. The zero-order chi connectivity index (χ0) is 12.7. The Morgan fingerprint density at radius 1 is 1.41 bits per heavy atom. The summed E-state index contributed by atoms with van der Waals surface area (Å²) in [7, 11) is 1.64. The quantitative estimate of drug-likeness (QED) is 0.636. The van der Waals surface area contributed by atoms with Crippen LogP contribution in [0.25, 0.3) is 0 Å². The van der Waals surface area contributed by atoms with Crippen molar-refractivity contribution >= 4 is 5.91 Å². The van der Waals surface area contributed by atoms with E-state index in [1.807, 2.05) is 0 Å². The summed E-state index contributed by atoms with van der Waals surface area (Å²) < 4.78 is 4.91. The molecule has 5 heteroatoms. The second-order valence-corrected chi connectivity index (χ2v) is 5.07. The van der Waals surface area contributed by atoms with Crippen LogP contribution < -0.4 is 10.6 Å². The van der Waals surface area contributed by atoms with Gasteiger partial charge in [0.15, 0.2) is 0 Å². The van der Waals surface area contributed by atoms with E-state index in [2.05, 4.69) is 29.4 Å². The van der Waals surface area contributed by atoms with Crippen LogP contribution in [0.15, 0.2) is 0 Å². The first-order valence-electron chi connectivity index (χ1n) is 6.27. The van der Waals surface area contributed by atoms with Crippen LogP contribution in [-0.4, -0.2) is 62.8 Å². The Bertz CT molecular complexity index is 238. The summed E-state index contributed by atoms with van der Waals surface area (Å²) in [5, 5.41) is 6.20. The summed E-state index contributed by atoms with van der Waals surface area (Å²) in [6, 6.07) is 0. The lowest BCUT2D eigenvalue weighted by Gasteiger charge is -2.40. The number of amides is 1. The molecule has 0 atom stereocenters. The van der Waals surface area contributed by atoms with E-state index in [0.29, 0.717) is 19.6 Å². The van der Waals surface area contributed by atoms with Gasteiger partial charge < -0.3 is 15.4 Å². The molecule has 0 spiro atoms. The van der Waals surface area contributed by atoms with Gasteiger partial charge in [0, 0.05) is 51.8 Å². The molecule has 1 aliphatic heterocycles. The summed E-state index contributed by atoms with van der Waals surface area (Å²) in [5.74, 6) is 0.102. The van der Waals surface area contributed by atoms with E-state index in [1.165, 1.54) is 0 Å². The Morgan fingerprint density at radius 3 is 2.65 bits per heavy atom. The highest BCUT2D eigenvalue weighted by Crippen LogP contribution is 2.18. The van der Waals surface area contributed by atoms with Crippen molar-refractivity contribution in [3.8, 4) is 0 Å². The molecule has 2 N–H and O–H groups in total. The van der Waals surface area contributed by atoms with Crippen LogP contribution in [-0.2, 0) is 9.53 Å². The van der Waals surface area contributed by atoms with E-state index >= 15 is 0 Å². The molecule has 0 unspecified atom stereocenters. The van der Waals surface area contributed by atoms with Crippen molar-refractivity contribution in [1.29, 1.82) is 0 Å². The summed E-state index contributed by atoms with van der Waals surface area (Å²) in [5.41, 5.74) is -0.0702. The molecule has 0 aromatic carbocycles. The first-order chi connectivity index (χ1) is 8.06. The fraction of sp³-hybridized carbons (Fsp3) is 0.917. The maximum atomic E-state index is 11.8. The van der Waals surface area contributed by atoms with Gasteiger partial charge in [0.1, 0.15) is 0 Å². The topological polar surface area (TPSA) is 53.6 Å². The number of nitrogens with zero attached hydrogens (tertiary/aromatic N) is 1. The molecule has 0 saturated carbocycles. The standard InChI is InChI=1S/C12H25N3O2/c1-12(2,15-7-4-13-5-8-15)10-11(16)14-6-9-17-3/h13H,4-10H2,1-3H3,(H,14,16). The van der Waals surface area contributed by atoms with Crippen LogP contribution in [0.1, 0.15) is 20.3 Å². The average molecular weight is 243 g/mol. The van der Waals surface area contributed by atoms with Crippen LogP contribution in [0, 0.1) is 0 Å². The predicted octanol–water partition coefficient (Wildman–Crippen LogP) is -0.177. The van der Waals surface area contributed by atoms with Gasteiger partial charge in [-0.25, -0.2) is 0 Å². The fourth-order valence-corrected chi connectivity index (χ4v) is 2.13. The average Bonchev–Trinajstić information content (AvgIpc) is 2.30. The molecule has 1 heterocycles. The van der Waals surface area contributed by atoms with E-state index in [9.17, 15) is 4.79 Å². The smallest absolute Gasteiger partial charge is 0.221 e. The lowest BCUT2D eigenvalue weighted by molar-refractivity contribution is -0.124. The number of carbonyl (C=O) groups excluding carboxylic acids is 1. The van der Waals surface area contributed by atoms with Crippen LogP contribution in [0.2, 0.25) is 0 Å². The normalized spacial score (nSPS) is 18.1. The largest absolute Gasteiger partial charge is 0.383 e. The molecule has 1 amide bonds.